The number of rotatable bonds is 3. The van der Waals surface area contributed by atoms with Gasteiger partial charge >= 0.3 is 6.18 Å². The Morgan fingerprint density at radius 1 is 1.08 bits per heavy atom. The van der Waals surface area contributed by atoms with Gasteiger partial charge in [-0.05, 0) is 30.2 Å². The van der Waals surface area contributed by atoms with E-state index in [-0.39, 0.29) is 5.13 Å². The minimum Gasteiger partial charge on any atom is -0.298 e. The van der Waals surface area contributed by atoms with Crippen molar-refractivity contribution in [3.05, 3.63) is 70.7 Å². The molecule has 3 nitrogen and oxygen atoms in total. The minimum atomic E-state index is -4.52. The summed E-state index contributed by atoms with van der Waals surface area (Å²) in [4.78, 5) is 15.7. The van der Waals surface area contributed by atoms with Crippen LogP contribution in [0.3, 0.4) is 0 Å². The summed E-state index contributed by atoms with van der Waals surface area (Å²) >= 11 is 0.739. The van der Waals surface area contributed by atoms with Gasteiger partial charge in [-0.25, -0.2) is 4.98 Å². The highest BCUT2D eigenvalue weighted by molar-refractivity contribution is 7.14. The Bertz CT molecular complexity index is 901. The van der Waals surface area contributed by atoms with Gasteiger partial charge in [0.2, 0.25) is 0 Å². The summed E-state index contributed by atoms with van der Waals surface area (Å²) in [5.74, 6) is -0.503. The van der Waals surface area contributed by atoms with Crippen molar-refractivity contribution in [1.82, 2.24) is 4.98 Å². The highest BCUT2D eigenvalue weighted by Crippen LogP contribution is 2.31. The van der Waals surface area contributed by atoms with E-state index in [0.29, 0.717) is 5.56 Å². The lowest BCUT2D eigenvalue weighted by Gasteiger charge is -2.06. The fourth-order valence-electron chi connectivity index (χ4n) is 2.22. The summed E-state index contributed by atoms with van der Waals surface area (Å²) in [5, 5.41) is 3.20. The smallest absolute Gasteiger partial charge is 0.298 e. The van der Waals surface area contributed by atoms with E-state index in [1.54, 1.807) is 18.2 Å². The molecule has 7 heteroatoms. The molecule has 3 rings (SSSR count). The molecular formula is C18H13F3N2OS. The van der Waals surface area contributed by atoms with Crippen LogP contribution in [0.15, 0.2) is 53.9 Å². The lowest BCUT2D eigenvalue weighted by atomic mass is 10.0. The predicted octanol–water partition coefficient (Wildman–Crippen LogP) is 5.39. The minimum absolute atomic E-state index is 0.0851. The molecule has 0 atom stereocenters. The van der Waals surface area contributed by atoms with Crippen molar-refractivity contribution in [3.63, 3.8) is 0 Å². The van der Waals surface area contributed by atoms with E-state index in [4.69, 9.17) is 0 Å². The largest absolute Gasteiger partial charge is 0.434 e. The molecule has 0 aliphatic rings. The Labute approximate surface area is 146 Å². The highest BCUT2D eigenvalue weighted by Gasteiger charge is 2.33. The predicted molar refractivity (Wildman–Crippen MR) is 91.7 cm³/mol. The highest BCUT2D eigenvalue weighted by atomic mass is 32.1. The first-order valence-electron chi connectivity index (χ1n) is 7.34. The van der Waals surface area contributed by atoms with Crippen molar-refractivity contribution in [3.8, 4) is 11.1 Å². The first kappa shape index (κ1) is 17.2. The van der Waals surface area contributed by atoms with Crippen LogP contribution in [0, 0.1) is 6.92 Å². The summed E-state index contributed by atoms with van der Waals surface area (Å²) in [7, 11) is 0. The second-order valence-corrected chi connectivity index (χ2v) is 6.29. The van der Waals surface area contributed by atoms with Crippen molar-refractivity contribution in [2.75, 3.05) is 5.32 Å². The lowest BCUT2D eigenvalue weighted by molar-refractivity contribution is -0.140. The SMILES string of the molecule is Cc1ccc(-c2cccc(C(=O)Nc3nc(C(F)(F)F)cs3)c2)cc1. The first-order chi connectivity index (χ1) is 11.8. The average Bonchev–Trinajstić information content (AvgIpc) is 3.04. The van der Waals surface area contributed by atoms with Crippen molar-refractivity contribution in [2.24, 2.45) is 0 Å². The molecule has 0 unspecified atom stereocenters. The Morgan fingerprint density at radius 2 is 1.80 bits per heavy atom. The number of nitrogens with zero attached hydrogens (tertiary/aromatic N) is 1. The number of amides is 1. The molecule has 0 aliphatic carbocycles. The van der Waals surface area contributed by atoms with Gasteiger partial charge in [0.05, 0.1) is 0 Å². The molecule has 2 aromatic carbocycles. The summed E-state index contributed by atoms with van der Waals surface area (Å²) in [6, 6.07) is 14.7. The molecule has 1 heterocycles. The second-order valence-electron chi connectivity index (χ2n) is 5.44. The summed E-state index contributed by atoms with van der Waals surface area (Å²) in [6.45, 7) is 1.98. The molecule has 1 amide bonds. The molecule has 0 saturated heterocycles. The van der Waals surface area contributed by atoms with E-state index in [1.807, 2.05) is 37.3 Å². The number of thiazole rings is 1. The molecule has 128 valence electrons. The third-order valence-corrected chi connectivity index (χ3v) is 4.28. The molecule has 0 radical (unpaired) electrons. The number of aryl methyl sites for hydroxylation is 1. The molecule has 0 aliphatic heterocycles. The van der Waals surface area contributed by atoms with Crippen molar-refractivity contribution in [1.29, 1.82) is 0 Å². The maximum Gasteiger partial charge on any atom is 0.434 e. The molecule has 0 saturated carbocycles. The maximum absolute atomic E-state index is 12.6. The van der Waals surface area contributed by atoms with Crippen molar-refractivity contribution < 1.29 is 18.0 Å². The van der Waals surface area contributed by atoms with Crippen LogP contribution in [0.1, 0.15) is 21.6 Å². The van der Waals surface area contributed by atoms with Gasteiger partial charge in [0.1, 0.15) is 0 Å². The van der Waals surface area contributed by atoms with Gasteiger partial charge in [-0.3, -0.25) is 10.1 Å². The van der Waals surface area contributed by atoms with E-state index >= 15 is 0 Å². The number of hydrogen-bond donors (Lipinski definition) is 1. The van der Waals surface area contributed by atoms with E-state index < -0.39 is 17.8 Å². The van der Waals surface area contributed by atoms with Crippen LogP contribution in [0.4, 0.5) is 18.3 Å². The maximum atomic E-state index is 12.6. The van der Waals surface area contributed by atoms with Gasteiger partial charge < -0.3 is 0 Å². The van der Waals surface area contributed by atoms with Gasteiger partial charge in [-0.15, -0.1) is 11.3 Å². The zero-order chi connectivity index (χ0) is 18.0. The second kappa shape index (κ2) is 6.68. The van der Waals surface area contributed by atoms with Crippen LogP contribution in [0.5, 0.6) is 0 Å². The summed E-state index contributed by atoms with van der Waals surface area (Å²) in [5.41, 5.74) is 2.27. The van der Waals surface area contributed by atoms with E-state index in [9.17, 15) is 18.0 Å². The number of aromatic nitrogens is 1. The average molecular weight is 362 g/mol. The zero-order valence-electron chi connectivity index (χ0n) is 13.1. The van der Waals surface area contributed by atoms with Crippen LogP contribution in [-0.2, 0) is 6.18 Å². The molecule has 0 spiro atoms. The quantitative estimate of drug-likeness (QED) is 0.679. The van der Waals surface area contributed by atoms with Crippen molar-refractivity contribution in [2.45, 2.75) is 13.1 Å². The van der Waals surface area contributed by atoms with Crippen molar-refractivity contribution >= 4 is 22.4 Å². The third kappa shape index (κ3) is 4.06. The topological polar surface area (TPSA) is 42.0 Å². The normalized spacial score (nSPS) is 11.4. The Hall–Kier alpha value is -2.67. The molecule has 25 heavy (non-hydrogen) atoms. The number of halogens is 3. The number of hydrogen-bond acceptors (Lipinski definition) is 3. The lowest BCUT2D eigenvalue weighted by Crippen LogP contribution is -2.12. The monoisotopic (exact) mass is 362 g/mol. The van der Waals surface area contributed by atoms with Gasteiger partial charge in [-0.2, -0.15) is 13.2 Å². The van der Waals surface area contributed by atoms with Gasteiger partial charge in [0, 0.05) is 10.9 Å². The van der Waals surface area contributed by atoms with Gasteiger partial charge in [0.15, 0.2) is 10.8 Å². The van der Waals surface area contributed by atoms with Gasteiger partial charge in [-0.1, -0.05) is 42.0 Å². The van der Waals surface area contributed by atoms with Crippen LogP contribution in [0.2, 0.25) is 0 Å². The molecule has 0 bridgehead atoms. The number of anilines is 1. The van der Waals surface area contributed by atoms with E-state index in [0.717, 1.165) is 33.4 Å². The van der Waals surface area contributed by atoms with Gasteiger partial charge in [0.25, 0.3) is 5.91 Å². The number of carbonyl (C=O) groups is 1. The fourth-order valence-corrected chi connectivity index (χ4v) is 2.93. The molecule has 0 fully saturated rings. The standard InChI is InChI=1S/C18H13F3N2OS/c1-11-5-7-12(8-6-11)13-3-2-4-14(9-13)16(24)23-17-22-15(10-25-17)18(19,20)21/h2-10H,1H3,(H,22,23,24). The summed E-state index contributed by atoms with van der Waals surface area (Å²) < 4.78 is 37.7. The number of benzene rings is 2. The molecule has 1 aromatic heterocycles. The zero-order valence-corrected chi connectivity index (χ0v) is 13.9. The number of carbonyl (C=O) groups excluding carboxylic acids is 1. The van der Waals surface area contributed by atoms with Crippen LogP contribution < -0.4 is 5.32 Å². The first-order valence-corrected chi connectivity index (χ1v) is 8.22. The molecular weight excluding hydrogens is 349 g/mol. The van der Waals surface area contributed by atoms with E-state index in [1.165, 1.54) is 0 Å². The third-order valence-electron chi connectivity index (χ3n) is 3.52. The Morgan fingerprint density at radius 3 is 2.44 bits per heavy atom. The van der Waals surface area contributed by atoms with E-state index in [2.05, 4.69) is 10.3 Å². The summed E-state index contributed by atoms with van der Waals surface area (Å²) in [6.07, 6.45) is -4.52. The number of nitrogens with one attached hydrogen (secondary N) is 1. The fraction of sp³-hybridized carbons (Fsp3) is 0.111. The van der Waals surface area contributed by atoms with Crippen LogP contribution >= 0.6 is 11.3 Å². The van der Waals surface area contributed by atoms with Crippen LogP contribution in [-0.4, -0.2) is 10.9 Å². The molecule has 1 N–H and O–H groups in total. The molecule has 3 aromatic rings. The Balaban J connectivity index is 1.80. The number of alkyl halides is 3. The Kier molecular flexibility index (Phi) is 4.59. The van der Waals surface area contributed by atoms with Crippen LogP contribution in [0.25, 0.3) is 11.1 Å².